The summed E-state index contributed by atoms with van der Waals surface area (Å²) in [6, 6.07) is 13.0. The number of nitrogens with one attached hydrogen (secondary N) is 1. The lowest BCUT2D eigenvalue weighted by atomic mass is 9.94. The molecule has 0 unspecified atom stereocenters. The molecule has 1 amide bonds. The number of hydrogen-bond donors (Lipinski definition) is 1. The third-order valence-corrected chi connectivity index (χ3v) is 3.91. The topological polar surface area (TPSA) is 90.5 Å². The third-order valence-electron chi connectivity index (χ3n) is 3.91. The van der Waals surface area contributed by atoms with Gasteiger partial charge in [0, 0.05) is 11.7 Å². The fourth-order valence-corrected chi connectivity index (χ4v) is 2.54. The first-order valence-electron chi connectivity index (χ1n) is 9.23. The molecule has 2 aromatic rings. The molecule has 0 atom stereocenters. The Morgan fingerprint density at radius 1 is 1.11 bits per heavy atom. The van der Waals surface area contributed by atoms with E-state index < -0.39 is 5.54 Å². The second-order valence-corrected chi connectivity index (χ2v) is 8.69. The Hall–Kier alpha value is -3.07. The maximum absolute atomic E-state index is 12.4. The van der Waals surface area contributed by atoms with Crippen LogP contribution < -0.4 is 5.32 Å². The number of rotatable bonds is 6. The van der Waals surface area contributed by atoms with E-state index in [1.54, 1.807) is 6.07 Å². The van der Waals surface area contributed by atoms with Crippen molar-refractivity contribution < 1.29 is 4.79 Å². The lowest BCUT2D eigenvalue weighted by molar-refractivity contribution is 0.0912. The third kappa shape index (κ3) is 6.92. The Balaban J connectivity index is 1.97. The summed E-state index contributed by atoms with van der Waals surface area (Å²) in [6.45, 7) is 11.0. The summed E-state index contributed by atoms with van der Waals surface area (Å²) >= 11 is 0. The molecule has 0 saturated heterocycles. The van der Waals surface area contributed by atoms with Crippen LogP contribution in [-0.4, -0.2) is 23.0 Å². The second kappa shape index (κ2) is 8.75. The number of azo groups is 1. The van der Waals surface area contributed by atoms with E-state index in [2.05, 4.69) is 41.3 Å². The summed E-state index contributed by atoms with van der Waals surface area (Å²) in [6.07, 6.45) is 2.09. The van der Waals surface area contributed by atoms with Gasteiger partial charge >= 0.3 is 0 Å². The second-order valence-electron chi connectivity index (χ2n) is 8.69. The zero-order chi connectivity index (χ0) is 20.8. The van der Waals surface area contributed by atoms with Gasteiger partial charge in [-0.25, -0.2) is 4.98 Å². The highest BCUT2D eigenvalue weighted by molar-refractivity contribution is 5.94. The van der Waals surface area contributed by atoms with Crippen molar-refractivity contribution in [2.24, 2.45) is 15.6 Å². The minimum Gasteiger partial charge on any atom is -0.347 e. The van der Waals surface area contributed by atoms with Crippen LogP contribution in [0.1, 0.15) is 56.2 Å². The molecule has 0 spiro atoms. The smallest absolute Gasteiger partial charge is 0.253 e. The molecule has 6 heteroatoms. The van der Waals surface area contributed by atoms with E-state index in [0.29, 0.717) is 18.5 Å². The molecular formula is C22H27N5O. The van der Waals surface area contributed by atoms with Crippen molar-refractivity contribution in [1.82, 2.24) is 10.3 Å². The van der Waals surface area contributed by atoms with Crippen molar-refractivity contribution in [2.75, 3.05) is 6.54 Å². The highest BCUT2D eigenvalue weighted by Gasteiger charge is 2.22. The lowest BCUT2D eigenvalue weighted by Crippen LogP contribution is -2.45. The van der Waals surface area contributed by atoms with Gasteiger partial charge in [-0.2, -0.15) is 15.5 Å². The zero-order valence-electron chi connectivity index (χ0n) is 17.2. The average Bonchev–Trinajstić information content (AvgIpc) is 2.61. The normalized spacial score (nSPS) is 12.0. The maximum Gasteiger partial charge on any atom is 0.253 e. The van der Waals surface area contributed by atoms with Crippen molar-refractivity contribution in [1.29, 1.82) is 5.26 Å². The van der Waals surface area contributed by atoms with E-state index in [9.17, 15) is 4.79 Å². The molecule has 0 aliphatic carbocycles. The van der Waals surface area contributed by atoms with Crippen LogP contribution >= 0.6 is 0 Å². The van der Waals surface area contributed by atoms with Crippen LogP contribution in [0, 0.1) is 16.7 Å². The predicted octanol–water partition coefficient (Wildman–Crippen LogP) is 4.83. The van der Waals surface area contributed by atoms with E-state index in [1.807, 2.05) is 44.2 Å². The molecule has 0 radical (unpaired) electrons. The fourth-order valence-electron chi connectivity index (χ4n) is 2.54. The van der Waals surface area contributed by atoms with E-state index in [-0.39, 0.29) is 17.0 Å². The molecule has 0 saturated carbocycles. The van der Waals surface area contributed by atoms with Crippen LogP contribution in [0.4, 0.5) is 5.69 Å². The molecule has 0 bridgehead atoms. The van der Waals surface area contributed by atoms with Gasteiger partial charge in [0.15, 0.2) is 0 Å². The molecule has 1 N–H and O–H groups in total. The van der Waals surface area contributed by atoms with E-state index in [0.717, 1.165) is 11.3 Å². The van der Waals surface area contributed by atoms with Gasteiger partial charge < -0.3 is 5.32 Å². The van der Waals surface area contributed by atoms with Crippen molar-refractivity contribution in [3.05, 3.63) is 59.4 Å². The Labute approximate surface area is 166 Å². The number of carbonyl (C=O) groups is 1. The first kappa shape index (κ1) is 21.2. The summed E-state index contributed by atoms with van der Waals surface area (Å²) in [5.74, 6) is -0.213. The van der Waals surface area contributed by atoms with Gasteiger partial charge in [0.1, 0.15) is 11.8 Å². The first-order chi connectivity index (χ1) is 13.1. The van der Waals surface area contributed by atoms with Crippen LogP contribution in [0.5, 0.6) is 0 Å². The lowest BCUT2D eigenvalue weighted by Gasteiger charge is -2.26. The Bertz CT molecular complexity index is 869. The predicted molar refractivity (Wildman–Crippen MR) is 109 cm³/mol. The summed E-state index contributed by atoms with van der Waals surface area (Å²) in [4.78, 5) is 16.4. The average molecular weight is 377 g/mol. The van der Waals surface area contributed by atoms with Gasteiger partial charge in [-0.1, -0.05) is 32.9 Å². The number of aromatic nitrogens is 1. The molecule has 0 aliphatic heterocycles. The molecule has 2 rings (SSSR count). The van der Waals surface area contributed by atoms with Crippen molar-refractivity contribution >= 4 is 11.6 Å². The monoisotopic (exact) mass is 377 g/mol. The van der Waals surface area contributed by atoms with Gasteiger partial charge in [0.25, 0.3) is 5.91 Å². The maximum atomic E-state index is 12.4. The van der Waals surface area contributed by atoms with Gasteiger partial charge in [-0.15, -0.1) is 0 Å². The first-order valence-corrected chi connectivity index (χ1v) is 9.23. The number of nitriles is 1. The van der Waals surface area contributed by atoms with Crippen molar-refractivity contribution in [2.45, 2.75) is 46.6 Å². The molecule has 1 aromatic heterocycles. The summed E-state index contributed by atoms with van der Waals surface area (Å²) in [7, 11) is 0. The van der Waals surface area contributed by atoms with Gasteiger partial charge in [-0.3, -0.25) is 4.79 Å². The SMILES string of the molecule is CC(C)(C)C/N=N/c1ccc(CC(C)(C)NC(=O)c2ccc(C#N)nc2)cc1. The fraction of sp³-hybridized carbons (Fsp3) is 0.409. The minimum atomic E-state index is -0.444. The molecule has 1 heterocycles. The van der Waals surface area contributed by atoms with E-state index in [1.165, 1.54) is 12.3 Å². The largest absolute Gasteiger partial charge is 0.347 e. The molecule has 0 fully saturated rings. The molecule has 6 nitrogen and oxygen atoms in total. The zero-order valence-corrected chi connectivity index (χ0v) is 17.2. The van der Waals surface area contributed by atoms with Crippen LogP contribution in [0.25, 0.3) is 0 Å². The number of hydrogen-bond acceptors (Lipinski definition) is 5. The van der Waals surface area contributed by atoms with Crippen molar-refractivity contribution in [3.8, 4) is 6.07 Å². The van der Waals surface area contributed by atoms with Gasteiger partial charge in [0.2, 0.25) is 0 Å². The molecule has 0 aliphatic rings. The standard InChI is InChI=1S/C22H27N5O/c1-21(2,3)15-25-27-18-9-6-16(7-10-18)12-22(4,5)26-20(28)17-8-11-19(13-23)24-14-17/h6-11,14H,12,15H2,1-5H3,(H,26,28)/b27-25+. The number of amides is 1. The number of carbonyl (C=O) groups excluding carboxylic acids is 1. The van der Waals surface area contributed by atoms with Crippen LogP contribution in [0.15, 0.2) is 52.8 Å². The van der Waals surface area contributed by atoms with Gasteiger partial charge in [-0.05, 0) is 55.5 Å². The highest BCUT2D eigenvalue weighted by Crippen LogP contribution is 2.20. The van der Waals surface area contributed by atoms with Gasteiger partial charge in [0.05, 0.1) is 17.8 Å². The van der Waals surface area contributed by atoms with E-state index >= 15 is 0 Å². The van der Waals surface area contributed by atoms with Crippen LogP contribution in [0.2, 0.25) is 0 Å². The Kier molecular flexibility index (Phi) is 6.63. The number of nitrogens with zero attached hydrogens (tertiary/aromatic N) is 4. The van der Waals surface area contributed by atoms with E-state index in [4.69, 9.17) is 5.26 Å². The van der Waals surface area contributed by atoms with Crippen LogP contribution in [-0.2, 0) is 6.42 Å². The summed E-state index contributed by atoms with van der Waals surface area (Å²) < 4.78 is 0. The molecular weight excluding hydrogens is 350 g/mol. The minimum absolute atomic E-state index is 0.121. The summed E-state index contributed by atoms with van der Waals surface area (Å²) in [5, 5.41) is 20.3. The molecule has 146 valence electrons. The summed E-state index contributed by atoms with van der Waals surface area (Å²) in [5.41, 5.74) is 2.31. The molecule has 28 heavy (non-hydrogen) atoms. The number of pyridine rings is 1. The van der Waals surface area contributed by atoms with Crippen molar-refractivity contribution in [3.63, 3.8) is 0 Å². The van der Waals surface area contributed by atoms with Crippen LogP contribution in [0.3, 0.4) is 0 Å². The molecule has 1 aromatic carbocycles. The Morgan fingerprint density at radius 3 is 2.32 bits per heavy atom. The highest BCUT2D eigenvalue weighted by atomic mass is 16.1. The quantitative estimate of drug-likeness (QED) is 0.731. The Morgan fingerprint density at radius 2 is 1.79 bits per heavy atom. The number of benzene rings is 1.